The molecule has 0 aliphatic rings. The van der Waals surface area contributed by atoms with E-state index in [1.807, 2.05) is 20.9 Å². The Morgan fingerprint density at radius 3 is 2.30 bits per heavy atom. The molecule has 20 heavy (non-hydrogen) atoms. The lowest BCUT2D eigenvalue weighted by molar-refractivity contribution is -0.118. The predicted octanol–water partition coefficient (Wildman–Crippen LogP) is 1.94. The van der Waals surface area contributed by atoms with Crippen molar-refractivity contribution < 1.29 is 9.32 Å². The van der Waals surface area contributed by atoms with Crippen molar-refractivity contribution >= 4 is 11.7 Å². The molecule has 118 valence electrons. The molecular formula is C14H30N4O2. The number of carbonyl (C=O) groups is 1. The van der Waals surface area contributed by atoms with E-state index in [2.05, 4.69) is 30.1 Å². The van der Waals surface area contributed by atoms with Crippen molar-refractivity contribution in [1.82, 2.24) is 10.5 Å². The zero-order chi connectivity index (χ0) is 16.0. The predicted molar refractivity (Wildman–Crippen MR) is 83.9 cm³/mol. The molecule has 0 aliphatic carbocycles. The number of carbonyl (C=O) groups excluding carboxylic acids is 1. The summed E-state index contributed by atoms with van der Waals surface area (Å²) in [5.41, 5.74) is 4.50. The van der Waals surface area contributed by atoms with Crippen LogP contribution in [-0.2, 0) is 4.79 Å². The van der Waals surface area contributed by atoms with Crippen molar-refractivity contribution in [2.45, 2.75) is 40.5 Å². The average Bonchev–Trinajstić information content (AvgIpc) is 2.88. The van der Waals surface area contributed by atoms with Crippen molar-refractivity contribution in [3.63, 3.8) is 0 Å². The Labute approximate surface area is 122 Å². The highest BCUT2D eigenvalue weighted by Crippen LogP contribution is 2.14. The summed E-state index contributed by atoms with van der Waals surface area (Å²) < 4.78 is 4.96. The second-order valence-electron chi connectivity index (χ2n) is 4.01. The zero-order valence-corrected chi connectivity index (χ0v) is 13.7. The lowest BCUT2D eigenvalue weighted by Gasteiger charge is -2.18. The van der Waals surface area contributed by atoms with Gasteiger partial charge >= 0.3 is 0 Å². The minimum atomic E-state index is 0.0542. The molecule has 0 saturated carbocycles. The first kappa shape index (κ1) is 20.9. The van der Waals surface area contributed by atoms with Crippen LogP contribution in [0, 0.1) is 6.92 Å². The topological polar surface area (TPSA) is 84.4 Å². The Hall–Kier alpha value is -1.40. The minimum Gasteiger partial charge on any atom is -0.360 e. The van der Waals surface area contributed by atoms with Crippen molar-refractivity contribution in [3.8, 4) is 0 Å². The second kappa shape index (κ2) is 14.0. The van der Waals surface area contributed by atoms with Crippen LogP contribution in [0.5, 0.6) is 0 Å². The molecule has 0 fully saturated rings. The van der Waals surface area contributed by atoms with Gasteiger partial charge in [-0.15, -0.1) is 0 Å². The number of aromatic nitrogens is 1. The Bertz CT molecular complexity index is 340. The lowest BCUT2D eigenvalue weighted by Crippen LogP contribution is -2.36. The number of nitrogens with two attached hydrogens (primary N) is 1. The maximum Gasteiger partial charge on any atom is 0.227 e. The van der Waals surface area contributed by atoms with Gasteiger partial charge in [-0.1, -0.05) is 32.3 Å². The Kier molecular flexibility index (Phi) is 14.7. The van der Waals surface area contributed by atoms with Gasteiger partial charge in [0.25, 0.3) is 0 Å². The number of aryl methyl sites for hydroxylation is 1. The van der Waals surface area contributed by atoms with Gasteiger partial charge in [0.15, 0.2) is 5.82 Å². The molecule has 1 aromatic heterocycles. The van der Waals surface area contributed by atoms with Gasteiger partial charge in [-0.05, 0) is 21.0 Å². The van der Waals surface area contributed by atoms with Crippen molar-refractivity contribution in [2.75, 3.05) is 32.1 Å². The molecule has 3 N–H and O–H groups in total. The number of hydrogen-bond donors (Lipinski definition) is 2. The quantitative estimate of drug-likeness (QED) is 0.864. The largest absolute Gasteiger partial charge is 0.360 e. The Morgan fingerprint density at radius 1 is 1.40 bits per heavy atom. The fraction of sp³-hybridized carbons (Fsp3) is 0.714. The van der Waals surface area contributed by atoms with E-state index in [4.69, 9.17) is 4.52 Å². The number of amides is 1. The number of likely N-dealkylation sites (N-methyl/N-ethyl adjacent to an activating group) is 1. The first-order valence-electron chi connectivity index (χ1n) is 7.06. The molecule has 0 atom stereocenters. The van der Waals surface area contributed by atoms with E-state index >= 15 is 0 Å². The molecule has 0 unspecified atom stereocenters. The van der Waals surface area contributed by atoms with E-state index in [-0.39, 0.29) is 5.91 Å². The lowest BCUT2D eigenvalue weighted by atomic mass is 10.3. The van der Waals surface area contributed by atoms with Crippen LogP contribution in [0.25, 0.3) is 0 Å². The third-order valence-electron chi connectivity index (χ3n) is 2.08. The maximum absolute atomic E-state index is 11.6. The van der Waals surface area contributed by atoms with E-state index in [1.54, 1.807) is 11.0 Å². The highest BCUT2D eigenvalue weighted by atomic mass is 16.5. The van der Waals surface area contributed by atoms with Crippen LogP contribution in [0.4, 0.5) is 5.82 Å². The van der Waals surface area contributed by atoms with Crippen LogP contribution in [-0.4, -0.2) is 38.2 Å². The van der Waals surface area contributed by atoms with Crippen LogP contribution < -0.4 is 16.0 Å². The summed E-state index contributed by atoms with van der Waals surface area (Å²) in [7, 11) is 3.35. The van der Waals surface area contributed by atoms with Crippen LogP contribution in [0.1, 0.15) is 39.4 Å². The van der Waals surface area contributed by atoms with Crippen LogP contribution in [0.2, 0.25) is 0 Å². The van der Waals surface area contributed by atoms with E-state index in [0.29, 0.717) is 24.5 Å². The molecule has 0 aromatic carbocycles. The van der Waals surface area contributed by atoms with Crippen LogP contribution in [0.15, 0.2) is 10.6 Å². The molecule has 1 rings (SSSR count). The molecule has 6 nitrogen and oxygen atoms in total. The molecule has 1 amide bonds. The smallest absolute Gasteiger partial charge is 0.227 e. The third kappa shape index (κ3) is 8.66. The summed E-state index contributed by atoms with van der Waals surface area (Å²) in [6.07, 6.45) is 1.72. The number of hydrogen-bond acceptors (Lipinski definition) is 5. The Morgan fingerprint density at radius 2 is 1.95 bits per heavy atom. The number of rotatable bonds is 5. The molecule has 0 radical (unpaired) electrons. The van der Waals surface area contributed by atoms with Crippen molar-refractivity contribution in [2.24, 2.45) is 5.73 Å². The minimum absolute atomic E-state index is 0.0542. The van der Waals surface area contributed by atoms with E-state index in [0.717, 1.165) is 6.54 Å². The van der Waals surface area contributed by atoms with Gasteiger partial charge < -0.3 is 15.6 Å². The average molecular weight is 286 g/mol. The van der Waals surface area contributed by atoms with Crippen LogP contribution in [0.3, 0.4) is 0 Å². The highest BCUT2D eigenvalue weighted by molar-refractivity contribution is 5.92. The highest BCUT2D eigenvalue weighted by Gasteiger charge is 2.16. The van der Waals surface area contributed by atoms with E-state index < -0.39 is 0 Å². The Balaban J connectivity index is 0. The fourth-order valence-electron chi connectivity index (χ4n) is 1.26. The van der Waals surface area contributed by atoms with Gasteiger partial charge in [0, 0.05) is 25.6 Å². The summed E-state index contributed by atoms with van der Waals surface area (Å²) in [5.74, 6) is 1.36. The summed E-state index contributed by atoms with van der Waals surface area (Å²) in [4.78, 5) is 13.3. The first-order valence-corrected chi connectivity index (χ1v) is 7.06. The molecule has 0 aliphatic heterocycles. The number of anilines is 1. The summed E-state index contributed by atoms with van der Waals surface area (Å²) >= 11 is 0. The van der Waals surface area contributed by atoms with Crippen LogP contribution >= 0.6 is 0 Å². The molecule has 1 heterocycles. The third-order valence-corrected chi connectivity index (χ3v) is 2.08. The summed E-state index contributed by atoms with van der Waals surface area (Å²) in [5, 5.41) is 6.84. The monoisotopic (exact) mass is 286 g/mol. The second-order valence-corrected chi connectivity index (χ2v) is 4.01. The maximum atomic E-state index is 11.6. The van der Waals surface area contributed by atoms with Gasteiger partial charge in [0.2, 0.25) is 5.91 Å². The molecular weight excluding hydrogens is 256 g/mol. The van der Waals surface area contributed by atoms with E-state index in [1.165, 1.54) is 13.5 Å². The van der Waals surface area contributed by atoms with Gasteiger partial charge in [0.1, 0.15) is 5.76 Å². The fourth-order valence-corrected chi connectivity index (χ4v) is 1.26. The molecule has 0 bridgehead atoms. The van der Waals surface area contributed by atoms with Gasteiger partial charge in [-0.25, -0.2) is 0 Å². The normalized spacial score (nSPS) is 8.95. The first-order chi connectivity index (χ1) is 9.60. The van der Waals surface area contributed by atoms with Gasteiger partial charge in [0.05, 0.1) is 0 Å². The van der Waals surface area contributed by atoms with Gasteiger partial charge in [-0.2, -0.15) is 0 Å². The summed E-state index contributed by atoms with van der Waals surface area (Å²) in [6.45, 7) is 9.23. The zero-order valence-electron chi connectivity index (χ0n) is 13.7. The molecule has 1 aromatic rings. The number of nitrogens with zero attached hydrogens (tertiary/aromatic N) is 2. The SMILES string of the molecule is CCC.CCC(=O)N(CCNC)c1cc(C)on1.CN. The number of nitrogens with one attached hydrogen (secondary N) is 1. The standard InChI is InChI=1S/C10H17N3O2.C3H8.CH5N/c1-4-10(14)13(6-5-11-3)9-7-8(2)15-12-9;1-3-2;1-2/h7,11H,4-6H2,1-3H3;3H2,1-2H3;2H2,1H3. The summed E-state index contributed by atoms with van der Waals surface area (Å²) in [6, 6.07) is 1.77. The van der Waals surface area contributed by atoms with Crippen molar-refractivity contribution in [3.05, 3.63) is 11.8 Å². The van der Waals surface area contributed by atoms with E-state index in [9.17, 15) is 4.79 Å². The van der Waals surface area contributed by atoms with Crippen molar-refractivity contribution in [1.29, 1.82) is 0 Å². The molecule has 0 spiro atoms. The van der Waals surface area contributed by atoms with Gasteiger partial charge in [-0.3, -0.25) is 9.69 Å². The molecule has 0 saturated heterocycles. The molecule has 6 heteroatoms.